The molecule has 0 fully saturated rings. The number of hydrogen-bond donors (Lipinski definition) is 1. The highest BCUT2D eigenvalue weighted by molar-refractivity contribution is 9.10. The van der Waals surface area contributed by atoms with Gasteiger partial charge in [0.1, 0.15) is 23.2 Å². The predicted octanol–water partition coefficient (Wildman–Crippen LogP) is 3.48. The molecular weight excluding hydrogens is 359 g/mol. The van der Waals surface area contributed by atoms with Crippen molar-refractivity contribution in [2.24, 2.45) is 0 Å². The van der Waals surface area contributed by atoms with Crippen molar-refractivity contribution in [3.05, 3.63) is 57.5 Å². The lowest BCUT2D eigenvalue weighted by Crippen LogP contribution is -2.11. The molecule has 1 amide bonds. The van der Waals surface area contributed by atoms with Gasteiger partial charge in [-0.05, 0) is 45.6 Å². The quantitative estimate of drug-likeness (QED) is 0.771. The van der Waals surface area contributed by atoms with Gasteiger partial charge < -0.3 is 5.32 Å². The van der Waals surface area contributed by atoms with Gasteiger partial charge in [-0.1, -0.05) is 0 Å². The van der Waals surface area contributed by atoms with Crippen molar-refractivity contribution in [1.82, 2.24) is 14.8 Å². The number of amides is 1. The van der Waals surface area contributed by atoms with Gasteiger partial charge in [0, 0.05) is 10.2 Å². The van der Waals surface area contributed by atoms with Gasteiger partial charge in [0.25, 0.3) is 5.91 Å². The van der Waals surface area contributed by atoms with E-state index in [0.717, 1.165) is 0 Å². The van der Waals surface area contributed by atoms with Crippen molar-refractivity contribution in [3.63, 3.8) is 0 Å². The Morgan fingerprint density at radius 1 is 1.38 bits per heavy atom. The molecule has 0 saturated heterocycles. The normalized spacial score (nSPS) is 10.6. The molecule has 0 radical (unpaired) electrons. The molecule has 106 valence electrons. The Balaban J connectivity index is 1.83. The van der Waals surface area contributed by atoms with Crippen LogP contribution in [-0.4, -0.2) is 20.7 Å². The molecule has 0 spiro atoms. The van der Waals surface area contributed by atoms with Gasteiger partial charge >= 0.3 is 0 Å². The van der Waals surface area contributed by atoms with E-state index in [1.165, 1.54) is 40.8 Å². The van der Waals surface area contributed by atoms with Crippen LogP contribution in [0.1, 0.15) is 9.67 Å². The van der Waals surface area contributed by atoms with Crippen molar-refractivity contribution in [2.45, 2.75) is 0 Å². The Morgan fingerprint density at radius 3 is 2.86 bits per heavy atom. The molecule has 0 aliphatic carbocycles. The van der Waals surface area contributed by atoms with Crippen LogP contribution in [0, 0.1) is 5.82 Å². The first-order valence-corrected chi connectivity index (χ1v) is 7.51. The number of nitrogens with zero attached hydrogens (tertiary/aromatic N) is 3. The second-order valence-electron chi connectivity index (χ2n) is 4.06. The molecule has 5 nitrogen and oxygen atoms in total. The van der Waals surface area contributed by atoms with Crippen LogP contribution in [0.3, 0.4) is 0 Å². The average Bonchev–Trinajstić information content (AvgIpc) is 3.10. The van der Waals surface area contributed by atoms with Gasteiger partial charge in [-0.25, -0.2) is 14.1 Å². The minimum absolute atomic E-state index is 0.266. The number of nitrogens with one attached hydrogen (secondary N) is 1. The van der Waals surface area contributed by atoms with Crippen LogP contribution in [0.15, 0.2) is 46.8 Å². The highest BCUT2D eigenvalue weighted by Gasteiger charge is 2.13. The molecule has 0 unspecified atom stereocenters. The second-order valence-corrected chi connectivity index (χ2v) is 5.83. The summed E-state index contributed by atoms with van der Waals surface area (Å²) in [5.41, 5.74) is 0.643. The number of thiophene rings is 1. The zero-order chi connectivity index (χ0) is 14.8. The van der Waals surface area contributed by atoms with E-state index in [1.807, 2.05) is 0 Å². The topological polar surface area (TPSA) is 59.8 Å². The minimum Gasteiger partial charge on any atom is -0.321 e. The first kappa shape index (κ1) is 13.9. The van der Waals surface area contributed by atoms with Crippen LogP contribution < -0.4 is 5.32 Å². The second kappa shape index (κ2) is 5.74. The van der Waals surface area contributed by atoms with E-state index >= 15 is 0 Å². The number of halogens is 2. The van der Waals surface area contributed by atoms with E-state index in [9.17, 15) is 9.18 Å². The molecule has 0 atom stereocenters. The third-order valence-corrected chi connectivity index (χ3v) is 4.53. The predicted molar refractivity (Wildman–Crippen MR) is 81.3 cm³/mol. The van der Waals surface area contributed by atoms with Crippen molar-refractivity contribution in [2.75, 3.05) is 5.32 Å². The SMILES string of the molecule is O=C(Nc1ccc(-n2cncn2)c(F)c1)c1sccc1Br. The van der Waals surface area contributed by atoms with E-state index in [2.05, 4.69) is 31.3 Å². The lowest BCUT2D eigenvalue weighted by molar-refractivity contribution is 0.103. The van der Waals surface area contributed by atoms with Crippen LogP contribution in [0.25, 0.3) is 5.69 Å². The maximum atomic E-state index is 14.0. The van der Waals surface area contributed by atoms with Gasteiger partial charge in [0.2, 0.25) is 0 Å². The fourth-order valence-corrected chi connectivity index (χ4v) is 3.19. The maximum absolute atomic E-state index is 14.0. The molecule has 2 heterocycles. The van der Waals surface area contributed by atoms with Gasteiger partial charge in [-0.3, -0.25) is 4.79 Å². The molecule has 1 N–H and O–H groups in total. The first-order chi connectivity index (χ1) is 10.1. The lowest BCUT2D eigenvalue weighted by Gasteiger charge is -2.07. The Hall–Kier alpha value is -2.06. The maximum Gasteiger partial charge on any atom is 0.266 e. The van der Waals surface area contributed by atoms with Gasteiger partial charge in [-0.15, -0.1) is 11.3 Å². The third kappa shape index (κ3) is 2.86. The Bertz CT molecular complexity index is 787. The summed E-state index contributed by atoms with van der Waals surface area (Å²) >= 11 is 4.60. The summed E-state index contributed by atoms with van der Waals surface area (Å²) in [7, 11) is 0. The zero-order valence-corrected chi connectivity index (χ0v) is 12.9. The summed E-state index contributed by atoms with van der Waals surface area (Å²) in [6.07, 6.45) is 2.73. The number of anilines is 1. The minimum atomic E-state index is -0.497. The highest BCUT2D eigenvalue weighted by atomic mass is 79.9. The molecular formula is C13H8BrFN4OS. The number of benzene rings is 1. The van der Waals surface area contributed by atoms with Crippen molar-refractivity contribution < 1.29 is 9.18 Å². The summed E-state index contributed by atoms with van der Waals surface area (Å²) in [5.74, 6) is -0.784. The lowest BCUT2D eigenvalue weighted by atomic mass is 10.2. The van der Waals surface area contributed by atoms with Gasteiger partial charge in [0.15, 0.2) is 5.82 Å². The largest absolute Gasteiger partial charge is 0.321 e. The van der Waals surface area contributed by atoms with Crippen molar-refractivity contribution in [3.8, 4) is 5.69 Å². The summed E-state index contributed by atoms with van der Waals surface area (Å²) < 4.78 is 16.1. The fourth-order valence-electron chi connectivity index (χ4n) is 1.75. The molecule has 0 aliphatic rings. The summed E-state index contributed by atoms with van der Waals surface area (Å²) in [4.78, 5) is 16.3. The number of carbonyl (C=O) groups excluding carboxylic acids is 1. The summed E-state index contributed by atoms with van der Waals surface area (Å²) in [6.45, 7) is 0. The number of aromatic nitrogens is 3. The molecule has 8 heteroatoms. The van der Waals surface area contributed by atoms with E-state index in [0.29, 0.717) is 15.0 Å². The molecule has 1 aromatic carbocycles. The van der Waals surface area contributed by atoms with Crippen LogP contribution in [0.5, 0.6) is 0 Å². The van der Waals surface area contributed by atoms with Crippen molar-refractivity contribution >= 4 is 38.9 Å². The number of carbonyl (C=O) groups is 1. The summed E-state index contributed by atoms with van der Waals surface area (Å²) in [6, 6.07) is 6.17. The van der Waals surface area contributed by atoms with Gasteiger partial charge in [-0.2, -0.15) is 5.10 Å². The molecule has 0 saturated carbocycles. The molecule has 3 aromatic rings. The first-order valence-electron chi connectivity index (χ1n) is 5.84. The van der Waals surface area contributed by atoms with Crippen LogP contribution in [0.4, 0.5) is 10.1 Å². The third-order valence-electron chi connectivity index (χ3n) is 2.69. The smallest absolute Gasteiger partial charge is 0.266 e. The number of rotatable bonds is 3. The Labute approximate surface area is 131 Å². The molecule has 2 aromatic heterocycles. The molecule has 21 heavy (non-hydrogen) atoms. The standard InChI is InChI=1S/C13H8BrFN4OS/c14-9-3-4-21-12(9)13(20)18-8-1-2-11(10(15)5-8)19-7-16-6-17-19/h1-7H,(H,18,20). The Morgan fingerprint density at radius 2 is 2.24 bits per heavy atom. The van der Waals surface area contributed by atoms with E-state index < -0.39 is 5.82 Å². The Kier molecular flexibility index (Phi) is 3.80. The van der Waals surface area contributed by atoms with Crippen molar-refractivity contribution in [1.29, 1.82) is 0 Å². The fraction of sp³-hybridized carbons (Fsp3) is 0. The average molecular weight is 367 g/mol. The van der Waals surface area contributed by atoms with E-state index in [4.69, 9.17) is 0 Å². The zero-order valence-electron chi connectivity index (χ0n) is 10.5. The van der Waals surface area contributed by atoms with E-state index in [1.54, 1.807) is 17.5 Å². The van der Waals surface area contributed by atoms with Crippen LogP contribution in [0.2, 0.25) is 0 Å². The highest BCUT2D eigenvalue weighted by Crippen LogP contribution is 2.24. The summed E-state index contributed by atoms with van der Waals surface area (Å²) in [5, 5.41) is 8.32. The van der Waals surface area contributed by atoms with Crippen LogP contribution >= 0.6 is 27.3 Å². The molecule has 0 aliphatic heterocycles. The van der Waals surface area contributed by atoms with E-state index in [-0.39, 0.29) is 11.6 Å². The van der Waals surface area contributed by atoms with Crippen LogP contribution in [-0.2, 0) is 0 Å². The monoisotopic (exact) mass is 366 g/mol. The molecule has 3 rings (SSSR count). The number of hydrogen-bond acceptors (Lipinski definition) is 4. The van der Waals surface area contributed by atoms with Gasteiger partial charge in [0.05, 0.1) is 0 Å². The molecule has 0 bridgehead atoms.